The number of hydrogen-bond donors (Lipinski definition) is 0. The van der Waals surface area contributed by atoms with Gasteiger partial charge in [-0.1, -0.05) is 6.07 Å². The first-order valence-electron chi connectivity index (χ1n) is 6.47. The van der Waals surface area contributed by atoms with Gasteiger partial charge in [0, 0.05) is 26.3 Å². The van der Waals surface area contributed by atoms with Crippen LogP contribution >= 0.6 is 11.8 Å². The number of amides is 2. The van der Waals surface area contributed by atoms with Crippen LogP contribution in [0.1, 0.15) is 18.1 Å². The van der Waals surface area contributed by atoms with E-state index in [0.717, 1.165) is 28.6 Å². The van der Waals surface area contributed by atoms with Crippen LogP contribution < -0.4 is 4.90 Å². The average molecular weight is 290 g/mol. The topological polar surface area (TPSA) is 40.6 Å². The van der Waals surface area contributed by atoms with Crippen molar-refractivity contribution in [2.24, 2.45) is 0 Å². The minimum Gasteiger partial charge on any atom is -0.377 e. The van der Waals surface area contributed by atoms with Crippen LogP contribution in [0.25, 0.3) is 6.08 Å². The van der Waals surface area contributed by atoms with E-state index in [-0.39, 0.29) is 11.1 Å². The van der Waals surface area contributed by atoms with Crippen molar-refractivity contribution >= 4 is 34.7 Å². The Morgan fingerprint density at radius 2 is 2.00 bits per heavy atom. The van der Waals surface area contributed by atoms with Gasteiger partial charge < -0.3 is 4.90 Å². The minimum absolute atomic E-state index is 0.189. The van der Waals surface area contributed by atoms with E-state index in [1.807, 2.05) is 44.1 Å². The summed E-state index contributed by atoms with van der Waals surface area (Å²) in [5, 5.41) is -0.189. The lowest BCUT2D eigenvalue weighted by Crippen LogP contribution is -2.27. The standard InChI is InChI=1S/C15H18N2O2S/c1-5-17-14(18)13(20-15(17)19)9-11-6-7-12(16(3)4)10(2)8-11/h6-9H,5H2,1-4H3/b13-9+. The van der Waals surface area contributed by atoms with Gasteiger partial charge in [0.2, 0.25) is 0 Å². The van der Waals surface area contributed by atoms with Crippen molar-refractivity contribution in [2.75, 3.05) is 25.5 Å². The number of hydrogen-bond acceptors (Lipinski definition) is 4. The highest BCUT2D eigenvalue weighted by Crippen LogP contribution is 2.32. The summed E-state index contributed by atoms with van der Waals surface area (Å²) in [5.41, 5.74) is 3.22. The average Bonchev–Trinajstić information content (AvgIpc) is 2.63. The van der Waals surface area contributed by atoms with E-state index in [1.165, 1.54) is 4.90 Å². The first-order valence-corrected chi connectivity index (χ1v) is 7.29. The van der Waals surface area contributed by atoms with Crippen molar-refractivity contribution in [2.45, 2.75) is 13.8 Å². The van der Waals surface area contributed by atoms with Crippen LogP contribution in [0.15, 0.2) is 23.1 Å². The Morgan fingerprint density at radius 3 is 2.50 bits per heavy atom. The Labute approximate surface area is 123 Å². The third-order valence-corrected chi connectivity index (χ3v) is 4.10. The third kappa shape index (κ3) is 2.72. The fraction of sp³-hybridized carbons (Fsp3) is 0.333. The maximum atomic E-state index is 12.0. The number of carbonyl (C=O) groups is 2. The zero-order chi connectivity index (χ0) is 14.9. The van der Waals surface area contributed by atoms with E-state index >= 15 is 0 Å². The third-order valence-electron chi connectivity index (χ3n) is 3.19. The van der Waals surface area contributed by atoms with Crippen molar-refractivity contribution in [3.8, 4) is 0 Å². The molecule has 0 unspecified atom stereocenters. The molecule has 0 atom stereocenters. The van der Waals surface area contributed by atoms with Gasteiger partial charge in [0.15, 0.2) is 0 Å². The van der Waals surface area contributed by atoms with E-state index in [9.17, 15) is 9.59 Å². The van der Waals surface area contributed by atoms with Crippen LogP contribution in [0.3, 0.4) is 0 Å². The predicted octanol–water partition coefficient (Wildman–Crippen LogP) is 3.12. The normalized spacial score (nSPS) is 17.2. The lowest BCUT2D eigenvalue weighted by Gasteiger charge is -2.15. The molecule has 1 saturated heterocycles. The first-order chi connectivity index (χ1) is 9.43. The maximum Gasteiger partial charge on any atom is 0.293 e. The van der Waals surface area contributed by atoms with Crippen LogP contribution in [0.5, 0.6) is 0 Å². The summed E-state index contributed by atoms with van der Waals surface area (Å²) in [5.74, 6) is -0.197. The summed E-state index contributed by atoms with van der Waals surface area (Å²) in [7, 11) is 3.99. The molecule has 0 N–H and O–H groups in total. The SMILES string of the molecule is CCN1C(=O)S/C(=C/c2ccc(N(C)C)c(C)c2)C1=O. The Morgan fingerprint density at radius 1 is 1.30 bits per heavy atom. The van der Waals surface area contributed by atoms with Gasteiger partial charge in [-0.3, -0.25) is 14.5 Å². The molecule has 0 aromatic heterocycles. The molecule has 1 aromatic carbocycles. The first kappa shape index (κ1) is 14.7. The molecule has 1 aromatic rings. The van der Waals surface area contributed by atoms with Crippen LogP contribution in [0, 0.1) is 6.92 Å². The summed E-state index contributed by atoms with van der Waals surface area (Å²) in [6.45, 7) is 4.25. The van der Waals surface area contributed by atoms with E-state index in [0.29, 0.717) is 11.4 Å². The zero-order valence-electron chi connectivity index (χ0n) is 12.1. The van der Waals surface area contributed by atoms with Gasteiger partial charge >= 0.3 is 0 Å². The lowest BCUT2D eigenvalue weighted by molar-refractivity contribution is -0.122. The summed E-state index contributed by atoms with van der Waals surface area (Å²) in [6.07, 6.45) is 1.78. The molecular weight excluding hydrogens is 272 g/mol. The Hall–Kier alpha value is -1.75. The Balaban J connectivity index is 2.30. The molecule has 0 spiro atoms. The summed E-state index contributed by atoms with van der Waals surface area (Å²) in [4.78, 5) is 27.5. The number of nitrogens with zero attached hydrogens (tertiary/aromatic N) is 2. The number of aryl methyl sites for hydroxylation is 1. The summed E-state index contributed by atoms with van der Waals surface area (Å²) in [6, 6.07) is 6.00. The van der Waals surface area contributed by atoms with Crippen molar-refractivity contribution in [3.63, 3.8) is 0 Å². The van der Waals surface area contributed by atoms with Crippen molar-refractivity contribution in [1.29, 1.82) is 0 Å². The molecule has 1 aliphatic rings. The molecular formula is C15H18N2O2S. The minimum atomic E-state index is -0.197. The molecule has 2 rings (SSSR count). The number of imide groups is 1. The lowest BCUT2D eigenvalue weighted by atomic mass is 10.1. The molecule has 1 heterocycles. The molecule has 106 valence electrons. The second-order valence-electron chi connectivity index (χ2n) is 4.87. The van der Waals surface area contributed by atoms with E-state index < -0.39 is 0 Å². The largest absolute Gasteiger partial charge is 0.377 e. The molecule has 4 nitrogen and oxygen atoms in total. The molecule has 1 fully saturated rings. The van der Waals surface area contributed by atoms with Crippen LogP contribution in [-0.4, -0.2) is 36.7 Å². The quantitative estimate of drug-likeness (QED) is 0.802. The molecule has 0 saturated carbocycles. The molecule has 1 aliphatic heterocycles. The number of rotatable bonds is 3. The monoisotopic (exact) mass is 290 g/mol. The van der Waals surface area contributed by atoms with Crippen molar-refractivity contribution < 1.29 is 9.59 Å². The van der Waals surface area contributed by atoms with Gasteiger partial charge in [-0.25, -0.2) is 0 Å². The van der Waals surface area contributed by atoms with Crippen LogP contribution in [-0.2, 0) is 4.79 Å². The van der Waals surface area contributed by atoms with Crippen molar-refractivity contribution in [1.82, 2.24) is 4.90 Å². The van der Waals surface area contributed by atoms with E-state index in [1.54, 1.807) is 13.0 Å². The van der Waals surface area contributed by atoms with Gasteiger partial charge in [-0.2, -0.15) is 0 Å². The van der Waals surface area contributed by atoms with Gasteiger partial charge in [0.05, 0.1) is 4.91 Å². The molecule has 2 amide bonds. The number of benzene rings is 1. The Kier molecular flexibility index (Phi) is 4.18. The predicted molar refractivity (Wildman–Crippen MR) is 83.9 cm³/mol. The van der Waals surface area contributed by atoms with E-state index in [4.69, 9.17) is 0 Å². The van der Waals surface area contributed by atoms with Crippen LogP contribution in [0.2, 0.25) is 0 Å². The molecule has 0 radical (unpaired) electrons. The zero-order valence-corrected chi connectivity index (χ0v) is 13.0. The molecule has 5 heteroatoms. The number of thioether (sulfide) groups is 1. The van der Waals surface area contributed by atoms with Crippen LogP contribution in [0.4, 0.5) is 10.5 Å². The van der Waals surface area contributed by atoms with Gasteiger partial charge in [0.25, 0.3) is 11.1 Å². The van der Waals surface area contributed by atoms with Gasteiger partial charge in [-0.15, -0.1) is 0 Å². The number of carbonyl (C=O) groups excluding carboxylic acids is 2. The fourth-order valence-corrected chi connectivity index (χ4v) is 3.10. The molecule has 20 heavy (non-hydrogen) atoms. The highest BCUT2D eigenvalue weighted by atomic mass is 32.2. The second-order valence-corrected chi connectivity index (χ2v) is 5.86. The summed E-state index contributed by atoms with van der Waals surface area (Å²) >= 11 is 1.01. The van der Waals surface area contributed by atoms with E-state index in [2.05, 4.69) is 0 Å². The highest BCUT2D eigenvalue weighted by Gasteiger charge is 2.33. The highest BCUT2D eigenvalue weighted by molar-refractivity contribution is 8.18. The number of anilines is 1. The second kappa shape index (κ2) is 5.71. The van der Waals surface area contributed by atoms with Crippen molar-refractivity contribution in [3.05, 3.63) is 34.2 Å². The van der Waals surface area contributed by atoms with Gasteiger partial charge in [0.1, 0.15) is 0 Å². The Bertz CT molecular complexity index is 594. The molecule has 0 bridgehead atoms. The smallest absolute Gasteiger partial charge is 0.293 e. The number of likely N-dealkylation sites (N-methyl/N-ethyl adjacent to an activating group) is 1. The maximum absolute atomic E-state index is 12.0. The summed E-state index contributed by atoms with van der Waals surface area (Å²) < 4.78 is 0. The van der Waals surface area contributed by atoms with Gasteiger partial charge in [-0.05, 0) is 54.9 Å². The molecule has 0 aliphatic carbocycles. The fourth-order valence-electron chi connectivity index (χ4n) is 2.19.